The molecule has 7 heteroatoms. The van der Waals surface area contributed by atoms with E-state index < -0.39 is 24.0 Å². The molecule has 0 radical (unpaired) electrons. The van der Waals surface area contributed by atoms with Crippen LogP contribution in [0.3, 0.4) is 0 Å². The van der Waals surface area contributed by atoms with Gasteiger partial charge in [-0.3, -0.25) is 9.59 Å². The van der Waals surface area contributed by atoms with E-state index in [4.69, 9.17) is 5.11 Å². The quantitative estimate of drug-likeness (QED) is 0.696. The highest BCUT2D eigenvalue weighted by Gasteiger charge is 2.20. The molecule has 1 aromatic rings. The summed E-state index contributed by atoms with van der Waals surface area (Å²) in [7, 11) is 0. The zero-order valence-corrected chi connectivity index (χ0v) is 8.41. The molecule has 7 nitrogen and oxygen atoms in total. The van der Waals surface area contributed by atoms with Crippen molar-refractivity contribution in [1.82, 2.24) is 20.1 Å². The molecule has 0 bridgehead atoms. The number of nitrogens with one attached hydrogen (secondary N) is 1. The number of carboxylic acids is 1. The van der Waals surface area contributed by atoms with Gasteiger partial charge in [0.2, 0.25) is 5.91 Å². The molecule has 0 aliphatic carbocycles. The van der Waals surface area contributed by atoms with Gasteiger partial charge >= 0.3 is 5.97 Å². The fraction of sp³-hybridized carbons (Fsp3) is 0.500. The Morgan fingerprint density at radius 2 is 2.13 bits per heavy atom. The molecule has 1 amide bonds. The Morgan fingerprint density at radius 3 is 2.60 bits per heavy atom. The van der Waals surface area contributed by atoms with Crippen LogP contribution < -0.4 is 5.32 Å². The van der Waals surface area contributed by atoms with Gasteiger partial charge in [0.15, 0.2) is 0 Å². The molecule has 1 heterocycles. The van der Waals surface area contributed by atoms with E-state index in [9.17, 15) is 9.59 Å². The minimum atomic E-state index is -1.07. The second-order valence-corrected chi connectivity index (χ2v) is 3.12. The van der Waals surface area contributed by atoms with Crippen molar-refractivity contribution >= 4 is 11.9 Å². The number of hydrogen-bond donors (Lipinski definition) is 2. The molecular weight excluding hydrogens is 200 g/mol. The zero-order chi connectivity index (χ0) is 11.4. The maximum atomic E-state index is 11.5. The van der Waals surface area contributed by atoms with Gasteiger partial charge in [-0.25, -0.2) is 9.67 Å². The zero-order valence-electron chi connectivity index (χ0n) is 8.41. The van der Waals surface area contributed by atoms with E-state index >= 15 is 0 Å². The van der Waals surface area contributed by atoms with Crippen LogP contribution in [0.5, 0.6) is 0 Å². The molecule has 0 fully saturated rings. The van der Waals surface area contributed by atoms with E-state index in [1.54, 1.807) is 6.92 Å². The van der Waals surface area contributed by atoms with E-state index in [0.29, 0.717) is 0 Å². The maximum Gasteiger partial charge on any atom is 0.325 e. The number of aromatic nitrogens is 3. The number of carboxylic acid groups (broad SMARTS) is 1. The lowest BCUT2D eigenvalue weighted by Crippen LogP contribution is -2.41. The number of carbonyl (C=O) groups is 2. The third kappa shape index (κ3) is 2.76. The van der Waals surface area contributed by atoms with Crippen molar-refractivity contribution in [3.63, 3.8) is 0 Å². The summed E-state index contributed by atoms with van der Waals surface area (Å²) in [6, 6.07) is -1.49. The van der Waals surface area contributed by atoms with Crippen LogP contribution in [-0.2, 0) is 9.59 Å². The molecule has 2 atom stereocenters. The topological polar surface area (TPSA) is 97.1 Å². The average molecular weight is 212 g/mol. The SMILES string of the molecule is CC(NC(=O)C(C)n1cncn1)C(=O)O. The van der Waals surface area contributed by atoms with Crippen LogP contribution >= 0.6 is 0 Å². The summed E-state index contributed by atoms with van der Waals surface area (Å²) in [5.41, 5.74) is 0. The first-order valence-corrected chi connectivity index (χ1v) is 4.39. The second kappa shape index (κ2) is 4.54. The lowest BCUT2D eigenvalue weighted by molar-refractivity contribution is -0.141. The monoisotopic (exact) mass is 212 g/mol. The van der Waals surface area contributed by atoms with Gasteiger partial charge in [0.25, 0.3) is 0 Å². The molecule has 15 heavy (non-hydrogen) atoms. The first kappa shape index (κ1) is 11.2. The Balaban J connectivity index is 2.58. The van der Waals surface area contributed by atoms with Crippen LogP contribution in [-0.4, -0.2) is 37.8 Å². The largest absolute Gasteiger partial charge is 0.480 e. The standard InChI is InChI=1S/C8H12N4O3/c1-5(8(14)15)11-7(13)6(2)12-4-9-3-10-12/h3-6H,1-2H3,(H,11,13)(H,14,15). The van der Waals surface area contributed by atoms with Gasteiger partial charge in [0, 0.05) is 0 Å². The van der Waals surface area contributed by atoms with Crippen LogP contribution in [0.1, 0.15) is 19.9 Å². The Bertz CT molecular complexity index is 349. The molecule has 0 saturated heterocycles. The van der Waals surface area contributed by atoms with Crippen LogP contribution in [0.15, 0.2) is 12.7 Å². The smallest absolute Gasteiger partial charge is 0.325 e. The fourth-order valence-corrected chi connectivity index (χ4v) is 0.933. The molecule has 0 aliphatic heterocycles. The van der Waals surface area contributed by atoms with Crippen molar-refractivity contribution in [2.75, 3.05) is 0 Å². The summed E-state index contributed by atoms with van der Waals surface area (Å²) in [4.78, 5) is 25.7. The summed E-state index contributed by atoms with van der Waals surface area (Å²) in [6.07, 6.45) is 2.71. The van der Waals surface area contributed by atoms with E-state index in [2.05, 4.69) is 15.4 Å². The van der Waals surface area contributed by atoms with Crippen molar-refractivity contribution in [2.24, 2.45) is 0 Å². The summed E-state index contributed by atoms with van der Waals surface area (Å²) < 4.78 is 1.35. The van der Waals surface area contributed by atoms with Crippen LogP contribution in [0.25, 0.3) is 0 Å². The minimum absolute atomic E-state index is 0.407. The van der Waals surface area contributed by atoms with Gasteiger partial charge in [-0.1, -0.05) is 0 Å². The third-order valence-electron chi connectivity index (χ3n) is 1.94. The highest BCUT2D eigenvalue weighted by Crippen LogP contribution is 2.02. The number of nitrogens with zero attached hydrogens (tertiary/aromatic N) is 3. The molecule has 1 aromatic heterocycles. The maximum absolute atomic E-state index is 11.5. The molecule has 2 N–H and O–H groups in total. The predicted molar refractivity (Wildman–Crippen MR) is 50.0 cm³/mol. The van der Waals surface area contributed by atoms with Gasteiger partial charge < -0.3 is 10.4 Å². The van der Waals surface area contributed by atoms with Gasteiger partial charge in [-0.05, 0) is 13.8 Å². The van der Waals surface area contributed by atoms with Crippen LogP contribution in [0.4, 0.5) is 0 Å². The second-order valence-electron chi connectivity index (χ2n) is 3.12. The van der Waals surface area contributed by atoms with Crippen LogP contribution in [0.2, 0.25) is 0 Å². The van der Waals surface area contributed by atoms with E-state index in [-0.39, 0.29) is 0 Å². The fourth-order valence-electron chi connectivity index (χ4n) is 0.933. The normalized spacial score (nSPS) is 14.3. The summed E-state index contributed by atoms with van der Waals surface area (Å²) in [5, 5.41) is 14.7. The predicted octanol–water partition coefficient (Wildman–Crippen LogP) is -0.572. The highest BCUT2D eigenvalue weighted by molar-refractivity contribution is 5.85. The molecule has 0 aliphatic rings. The first-order chi connectivity index (χ1) is 7.02. The van der Waals surface area contributed by atoms with Gasteiger partial charge in [-0.2, -0.15) is 5.10 Å². The Hall–Kier alpha value is -1.92. The van der Waals surface area contributed by atoms with Gasteiger partial charge in [0.05, 0.1) is 0 Å². The average Bonchev–Trinajstić information content (AvgIpc) is 2.68. The van der Waals surface area contributed by atoms with E-state index in [0.717, 1.165) is 0 Å². The Kier molecular flexibility index (Phi) is 3.37. The van der Waals surface area contributed by atoms with Crippen LogP contribution in [0, 0.1) is 0 Å². The lowest BCUT2D eigenvalue weighted by atomic mass is 10.2. The first-order valence-electron chi connectivity index (χ1n) is 4.39. The van der Waals surface area contributed by atoms with Gasteiger partial charge in [-0.15, -0.1) is 0 Å². The Labute approximate surface area is 86.1 Å². The Morgan fingerprint density at radius 1 is 1.47 bits per heavy atom. The lowest BCUT2D eigenvalue weighted by Gasteiger charge is -2.14. The van der Waals surface area contributed by atoms with E-state index in [1.807, 2.05) is 0 Å². The van der Waals surface area contributed by atoms with Crippen molar-refractivity contribution in [3.8, 4) is 0 Å². The van der Waals surface area contributed by atoms with Crippen molar-refractivity contribution in [3.05, 3.63) is 12.7 Å². The van der Waals surface area contributed by atoms with E-state index in [1.165, 1.54) is 24.3 Å². The number of carbonyl (C=O) groups excluding carboxylic acids is 1. The van der Waals surface area contributed by atoms with Crippen molar-refractivity contribution < 1.29 is 14.7 Å². The number of rotatable bonds is 4. The molecule has 1 rings (SSSR count). The summed E-state index contributed by atoms with van der Waals surface area (Å²) in [6.45, 7) is 3.01. The number of amides is 1. The van der Waals surface area contributed by atoms with Crippen molar-refractivity contribution in [2.45, 2.75) is 25.9 Å². The molecular formula is C8H12N4O3. The summed E-state index contributed by atoms with van der Waals surface area (Å²) in [5.74, 6) is -1.48. The molecule has 0 saturated carbocycles. The third-order valence-corrected chi connectivity index (χ3v) is 1.94. The molecule has 82 valence electrons. The minimum Gasteiger partial charge on any atom is -0.480 e. The molecule has 2 unspecified atom stereocenters. The summed E-state index contributed by atoms with van der Waals surface area (Å²) >= 11 is 0. The highest BCUT2D eigenvalue weighted by atomic mass is 16.4. The number of aliphatic carboxylic acids is 1. The molecule has 0 aromatic carbocycles. The van der Waals surface area contributed by atoms with Crippen molar-refractivity contribution in [1.29, 1.82) is 0 Å². The van der Waals surface area contributed by atoms with Gasteiger partial charge in [0.1, 0.15) is 24.7 Å². The number of hydrogen-bond acceptors (Lipinski definition) is 4. The molecule has 0 spiro atoms.